The summed E-state index contributed by atoms with van der Waals surface area (Å²) in [5.41, 5.74) is 0.234. The van der Waals surface area contributed by atoms with Crippen molar-refractivity contribution >= 4 is 28.8 Å². The molecule has 12 heteroatoms. The molecule has 0 saturated heterocycles. The molecule has 2 rings (SSSR count). The molecule has 1 heterocycles. The Kier molecular flexibility index (Phi) is 6.10. The molecule has 0 unspecified atom stereocenters. The number of alkyl halides is 2. The van der Waals surface area contributed by atoms with Crippen molar-refractivity contribution in [2.75, 3.05) is 12.2 Å². The molecule has 1 aromatic carbocycles. The number of ether oxygens (including phenoxy) is 1. The second-order valence-corrected chi connectivity index (χ2v) is 8.21. The number of fused-ring (bicyclic) bond motifs is 1. The number of hydrogen-bond acceptors (Lipinski definition) is 7. The third kappa shape index (κ3) is 5.16. The maximum Gasteiger partial charge on any atom is 0.547 e. The number of amides is 1. The Morgan fingerprint density at radius 1 is 1.44 bits per heavy atom. The van der Waals surface area contributed by atoms with Crippen molar-refractivity contribution in [1.82, 2.24) is 5.32 Å². The maximum atomic E-state index is 13.4. The first-order chi connectivity index (χ1) is 12.4. The first-order valence-electron chi connectivity index (χ1n) is 7.95. The zero-order valence-corrected chi connectivity index (χ0v) is 15.4. The van der Waals surface area contributed by atoms with Gasteiger partial charge in [0.25, 0.3) is 5.91 Å². The minimum Gasteiger partial charge on any atom is -0.534 e. The van der Waals surface area contributed by atoms with Crippen LogP contribution in [0.3, 0.4) is 0 Å². The van der Waals surface area contributed by atoms with Gasteiger partial charge < -0.3 is 19.7 Å². The number of sulfone groups is 1. The van der Waals surface area contributed by atoms with Gasteiger partial charge in [0.1, 0.15) is 11.3 Å². The average molecular weight is 405 g/mol. The largest absolute Gasteiger partial charge is 0.547 e. The summed E-state index contributed by atoms with van der Waals surface area (Å²) in [4.78, 5) is 23.7. The van der Waals surface area contributed by atoms with Gasteiger partial charge in [0.15, 0.2) is 15.8 Å². The van der Waals surface area contributed by atoms with E-state index in [0.29, 0.717) is 5.56 Å². The van der Waals surface area contributed by atoms with Crippen LogP contribution in [-0.4, -0.2) is 56.5 Å². The number of carbonyl (C=O) groups excluding carboxylic acids is 2. The van der Waals surface area contributed by atoms with E-state index >= 15 is 0 Å². The first kappa shape index (κ1) is 21.1. The van der Waals surface area contributed by atoms with Crippen LogP contribution in [0.5, 0.6) is 5.75 Å². The van der Waals surface area contributed by atoms with Crippen LogP contribution in [0.15, 0.2) is 18.2 Å². The van der Waals surface area contributed by atoms with Crippen LogP contribution in [0.25, 0.3) is 0 Å². The van der Waals surface area contributed by atoms with E-state index in [1.54, 1.807) is 0 Å². The van der Waals surface area contributed by atoms with Gasteiger partial charge in [-0.2, -0.15) is 8.78 Å². The number of para-hydroxylation sites is 1. The van der Waals surface area contributed by atoms with Crippen LogP contribution in [0.2, 0.25) is 0 Å². The van der Waals surface area contributed by atoms with Gasteiger partial charge in [-0.1, -0.05) is 19.1 Å². The molecular formula is C15H18BF2NO7S. The van der Waals surface area contributed by atoms with Crippen LogP contribution in [0.1, 0.15) is 29.3 Å². The molecule has 1 aromatic rings. The molecule has 0 bridgehead atoms. The topological polar surface area (TPSA) is 119 Å². The summed E-state index contributed by atoms with van der Waals surface area (Å²) in [5, 5.41) is 12.1. The van der Waals surface area contributed by atoms with E-state index in [1.165, 1.54) is 18.2 Å². The molecule has 0 aromatic heterocycles. The van der Waals surface area contributed by atoms with Crippen LogP contribution >= 0.6 is 0 Å². The van der Waals surface area contributed by atoms with Crippen LogP contribution in [0, 0.1) is 0 Å². The highest BCUT2D eigenvalue weighted by atomic mass is 32.2. The fourth-order valence-electron chi connectivity index (χ4n) is 2.38. The van der Waals surface area contributed by atoms with Crippen molar-refractivity contribution in [3.8, 4) is 5.75 Å². The summed E-state index contributed by atoms with van der Waals surface area (Å²) in [6.07, 6.45) is 0.116. The zero-order valence-electron chi connectivity index (χ0n) is 14.6. The summed E-state index contributed by atoms with van der Waals surface area (Å²) in [6.45, 7) is 1.15. The number of nitrogens with one attached hydrogen (secondary N) is 1. The Labute approximate surface area is 154 Å². The molecule has 0 aliphatic carbocycles. The van der Waals surface area contributed by atoms with E-state index in [2.05, 4.69) is 4.74 Å². The van der Waals surface area contributed by atoms with E-state index in [1.807, 2.05) is 5.32 Å². The summed E-state index contributed by atoms with van der Waals surface area (Å²) in [7, 11) is -5.23. The predicted molar refractivity (Wildman–Crippen MR) is 91.0 cm³/mol. The molecule has 27 heavy (non-hydrogen) atoms. The van der Waals surface area contributed by atoms with Crippen molar-refractivity contribution in [1.29, 1.82) is 0 Å². The Balaban J connectivity index is 2.19. The number of rotatable bonds is 6. The monoisotopic (exact) mass is 405 g/mol. The van der Waals surface area contributed by atoms with Gasteiger partial charge in [-0.05, 0) is 18.1 Å². The molecule has 8 nitrogen and oxygen atoms in total. The number of benzene rings is 1. The van der Waals surface area contributed by atoms with Crippen molar-refractivity contribution in [3.05, 3.63) is 29.3 Å². The van der Waals surface area contributed by atoms with Crippen LogP contribution < -0.4 is 9.97 Å². The first-order valence-corrected chi connectivity index (χ1v) is 10.0. The fraction of sp³-hybridized carbons (Fsp3) is 0.467. The molecule has 0 radical (unpaired) electrons. The summed E-state index contributed by atoms with van der Waals surface area (Å²) in [5.74, 6) is -8.14. The molecule has 148 valence electrons. The van der Waals surface area contributed by atoms with Gasteiger partial charge in [-0.25, -0.2) is 13.2 Å². The fourth-order valence-corrected chi connectivity index (χ4v) is 2.70. The third-order valence-corrected chi connectivity index (χ3v) is 4.38. The Hall–Kier alpha value is -2.21. The van der Waals surface area contributed by atoms with Crippen molar-refractivity contribution < 1.29 is 41.2 Å². The molecule has 1 atom stereocenters. The highest BCUT2D eigenvalue weighted by Crippen LogP contribution is 2.31. The quantitative estimate of drug-likeness (QED) is 0.517. The highest BCUT2D eigenvalue weighted by Gasteiger charge is 2.43. The highest BCUT2D eigenvalue weighted by molar-refractivity contribution is 7.90. The molecule has 2 N–H and O–H groups in total. The van der Waals surface area contributed by atoms with E-state index in [-0.39, 0.29) is 17.7 Å². The second-order valence-electron chi connectivity index (χ2n) is 6.12. The molecule has 0 fully saturated rings. The number of esters is 1. The van der Waals surface area contributed by atoms with Gasteiger partial charge in [-0.3, -0.25) is 4.79 Å². The van der Waals surface area contributed by atoms with Gasteiger partial charge in [0, 0.05) is 12.7 Å². The third-order valence-electron chi connectivity index (χ3n) is 3.84. The van der Waals surface area contributed by atoms with E-state index in [9.17, 15) is 31.8 Å². The van der Waals surface area contributed by atoms with E-state index in [4.69, 9.17) is 4.65 Å². The van der Waals surface area contributed by atoms with Crippen LogP contribution in [0.4, 0.5) is 8.78 Å². The molecule has 0 spiro atoms. The molecular weight excluding hydrogens is 387 g/mol. The maximum absolute atomic E-state index is 13.4. The van der Waals surface area contributed by atoms with Crippen LogP contribution in [-0.2, 0) is 25.8 Å². The molecule has 1 aliphatic rings. The lowest BCUT2D eigenvalue weighted by Crippen LogP contribution is -2.56. The van der Waals surface area contributed by atoms with Gasteiger partial charge in [0.05, 0.1) is 5.94 Å². The minimum absolute atomic E-state index is 0.0590. The summed E-state index contributed by atoms with van der Waals surface area (Å²) < 4.78 is 59.0. The Bertz CT molecular complexity index is 847. The number of hydrogen-bond donors (Lipinski definition) is 2. The second kappa shape index (κ2) is 7.81. The average Bonchev–Trinajstić information content (AvgIpc) is 2.59. The summed E-state index contributed by atoms with van der Waals surface area (Å²) in [6, 6.07) is 4.28. The lowest BCUT2D eigenvalue weighted by Gasteiger charge is -2.30. The molecule has 0 saturated carbocycles. The molecule has 1 aliphatic heterocycles. The van der Waals surface area contributed by atoms with E-state index in [0.717, 1.165) is 13.2 Å². The van der Waals surface area contributed by atoms with Crippen molar-refractivity contribution in [3.63, 3.8) is 0 Å². The minimum atomic E-state index is -3.59. The standard InChI is InChI=1S/C15H18BF2NO7S/c1-3-15(17,18)14(21)19-11-7-9-5-4-6-10(12(9)26-16(11)22)13(20)25-8-27(2,23)24/h4-6,11,22H,3,7-8H2,1-2H3,(H,19,21)/t11-/m0/s1. The number of carbonyl (C=O) groups is 2. The van der Waals surface area contributed by atoms with E-state index < -0.39 is 53.1 Å². The van der Waals surface area contributed by atoms with Gasteiger partial charge in [-0.15, -0.1) is 0 Å². The lowest BCUT2D eigenvalue weighted by molar-refractivity contribution is -0.146. The van der Waals surface area contributed by atoms with Crippen molar-refractivity contribution in [2.45, 2.75) is 31.6 Å². The van der Waals surface area contributed by atoms with Gasteiger partial charge in [0.2, 0.25) is 0 Å². The number of halogens is 2. The lowest BCUT2D eigenvalue weighted by atomic mass is 9.72. The summed E-state index contributed by atoms with van der Waals surface area (Å²) >= 11 is 0. The smallest absolute Gasteiger partial charge is 0.534 e. The predicted octanol–water partition coefficient (Wildman–Crippen LogP) is 0.330. The normalized spacial score (nSPS) is 16.9. The van der Waals surface area contributed by atoms with Gasteiger partial charge >= 0.3 is 19.0 Å². The zero-order chi connectivity index (χ0) is 20.4. The van der Waals surface area contributed by atoms with Crippen molar-refractivity contribution in [2.24, 2.45) is 0 Å². The Morgan fingerprint density at radius 3 is 2.70 bits per heavy atom. The Morgan fingerprint density at radius 2 is 2.11 bits per heavy atom. The molecule has 1 amide bonds. The SMILES string of the molecule is CCC(F)(F)C(=O)N[C@H]1Cc2cccc(C(=O)OCS(C)(=O)=O)c2OB1O.